The number of ether oxygens (including phenoxy) is 1. The van der Waals surface area contributed by atoms with Crippen LogP contribution < -0.4 is 0 Å². The standard InChI is InChI=1S/C11H17N3O5S/c1-8-12-10(7-13(8)2)20(17,18)14-3-4-19-9(6-14)5-11(15)16/h7,9H,3-6H2,1-2H3,(H,15,16). The smallest absolute Gasteiger partial charge is 0.306 e. The van der Waals surface area contributed by atoms with E-state index < -0.39 is 22.1 Å². The van der Waals surface area contributed by atoms with E-state index in [1.165, 1.54) is 10.5 Å². The third kappa shape index (κ3) is 3.00. The largest absolute Gasteiger partial charge is 0.481 e. The third-order valence-corrected chi connectivity index (χ3v) is 4.93. The molecule has 8 nitrogen and oxygen atoms in total. The lowest BCUT2D eigenvalue weighted by molar-refractivity contribution is -0.141. The van der Waals surface area contributed by atoms with E-state index in [2.05, 4.69) is 4.98 Å². The lowest BCUT2D eigenvalue weighted by atomic mass is 10.2. The zero-order valence-electron chi connectivity index (χ0n) is 11.3. The van der Waals surface area contributed by atoms with Gasteiger partial charge in [-0.2, -0.15) is 4.31 Å². The number of rotatable bonds is 4. The fourth-order valence-corrected chi connectivity index (χ4v) is 3.49. The Morgan fingerprint density at radius 3 is 2.85 bits per heavy atom. The van der Waals surface area contributed by atoms with Gasteiger partial charge in [0, 0.05) is 26.3 Å². The second-order valence-corrected chi connectivity index (χ2v) is 6.58. The normalized spacial score (nSPS) is 21.0. The molecule has 1 saturated heterocycles. The number of hydrogen-bond acceptors (Lipinski definition) is 5. The summed E-state index contributed by atoms with van der Waals surface area (Å²) >= 11 is 0. The molecule has 0 bridgehead atoms. The van der Waals surface area contributed by atoms with Gasteiger partial charge in [-0.15, -0.1) is 0 Å². The van der Waals surface area contributed by atoms with Gasteiger partial charge >= 0.3 is 5.97 Å². The second-order valence-electron chi connectivity index (χ2n) is 4.69. The van der Waals surface area contributed by atoms with Gasteiger partial charge in [0.2, 0.25) is 0 Å². The Bertz CT molecular complexity index is 590. The molecule has 0 aromatic carbocycles. The van der Waals surface area contributed by atoms with Gasteiger partial charge in [0.15, 0.2) is 5.03 Å². The lowest BCUT2D eigenvalue weighted by Gasteiger charge is -2.30. The van der Waals surface area contributed by atoms with Gasteiger partial charge in [-0.05, 0) is 6.92 Å². The van der Waals surface area contributed by atoms with Crippen LogP contribution in [0.2, 0.25) is 0 Å². The van der Waals surface area contributed by atoms with Crippen LogP contribution in [0, 0.1) is 6.92 Å². The molecule has 20 heavy (non-hydrogen) atoms. The number of aromatic nitrogens is 2. The Labute approximate surface area is 117 Å². The third-order valence-electron chi connectivity index (χ3n) is 3.19. The summed E-state index contributed by atoms with van der Waals surface area (Å²) in [5.74, 6) is -0.415. The average molecular weight is 303 g/mol. The molecule has 0 radical (unpaired) electrons. The van der Waals surface area contributed by atoms with Crippen LogP contribution in [0.25, 0.3) is 0 Å². The highest BCUT2D eigenvalue weighted by Gasteiger charge is 2.33. The zero-order chi connectivity index (χ0) is 14.9. The number of carboxylic acids is 1. The van der Waals surface area contributed by atoms with E-state index in [0.717, 1.165) is 0 Å². The fourth-order valence-electron chi connectivity index (χ4n) is 2.01. The number of sulfonamides is 1. The van der Waals surface area contributed by atoms with E-state index in [4.69, 9.17) is 9.84 Å². The zero-order valence-corrected chi connectivity index (χ0v) is 12.1. The fraction of sp³-hybridized carbons (Fsp3) is 0.636. The highest BCUT2D eigenvalue weighted by Crippen LogP contribution is 2.19. The van der Waals surface area contributed by atoms with Crippen molar-refractivity contribution in [2.75, 3.05) is 19.7 Å². The van der Waals surface area contributed by atoms with E-state index >= 15 is 0 Å². The maximum atomic E-state index is 12.4. The molecule has 1 unspecified atom stereocenters. The molecule has 0 saturated carbocycles. The van der Waals surface area contributed by atoms with Gasteiger partial charge < -0.3 is 14.4 Å². The van der Waals surface area contributed by atoms with Crippen LogP contribution in [0.5, 0.6) is 0 Å². The van der Waals surface area contributed by atoms with Crippen LogP contribution in [0.3, 0.4) is 0 Å². The monoisotopic (exact) mass is 303 g/mol. The molecule has 0 amide bonds. The van der Waals surface area contributed by atoms with Crippen LogP contribution in [0.1, 0.15) is 12.2 Å². The van der Waals surface area contributed by atoms with Crippen molar-refractivity contribution in [2.24, 2.45) is 7.05 Å². The van der Waals surface area contributed by atoms with E-state index in [1.807, 2.05) is 0 Å². The number of hydrogen-bond donors (Lipinski definition) is 1. The molecule has 2 heterocycles. The summed E-state index contributed by atoms with van der Waals surface area (Å²) in [7, 11) is -1.99. The van der Waals surface area contributed by atoms with E-state index in [0.29, 0.717) is 5.82 Å². The van der Waals surface area contributed by atoms with E-state index in [-0.39, 0.29) is 31.1 Å². The summed E-state index contributed by atoms with van der Waals surface area (Å²) in [6.07, 6.45) is 0.611. The molecule has 1 aromatic heterocycles. The highest BCUT2D eigenvalue weighted by molar-refractivity contribution is 7.89. The highest BCUT2D eigenvalue weighted by atomic mass is 32.2. The Balaban J connectivity index is 2.19. The van der Waals surface area contributed by atoms with Gasteiger partial charge in [-0.3, -0.25) is 4.79 Å². The van der Waals surface area contributed by atoms with Gasteiger partial charge in [-0.1, -0.05) is 0 Å². The van der Waals surface area contributed by atoms with E-state index in [1.54, 1.807) is 18.5 Å². The maximum Gasteiger partial charge on any atom is 0.306 e. The molecule has 1 aromatic rings. The lowest BCUT2D eigenvalue weighted by Crippen LogP contribution is -2.46. The predicted octanol–water partition coefficient (Wildman–Crippen LogP) is -0.407. The van der Waals surface area contributed by atoms with Crippen molar-refractivity contribution in [1.82, 2.24) is 13.9 Å². The number of imidazole rings is 1. The van der Waals surface area contributed by atoms with Gasteiger partial charge in [0.25, 0.3) is 10.0 Å². The number of morpholine rings is 1. The van der Waals surface area contributed by atoms with Crippen molar-refractivity contribution in [1.29, 1.82) is 0 Å². The summed E-state index contributed by atoms with van der Waals surface area (Å²) in [4.78, 5) is 14.7. The van der Waals surface area contributed by atoms with Crippen LogP contribution in [0.15, 0.2) is 11.2 Å². The molecular formula is C11H17N3O5S. The summed E-state index contributed by atoms with van der Waals surface area (Å²) in [5.41, 5.74) is 0. The van der Waals surface area contributed by atoms with Gasteiger partial charge in [-0.25, -0.2) is 13.4 Å². The number of aryl methyl sites for hydroxylation is 2. The first-order valence-electron chi connectivity index (χ1n) is 6.14. The number of nitrogens with zero attached hydrogens (tertiary/aromatic N) is 3. The summed E-state index contributed by atoms with van der Waals surface area (Å²) in [6.45, 7) is 2.13. The van der Waals surface area contributed by atoms with Crippen molar-refractivity contribution >= 4 is 16.0 Å². The van der Waals surface area contributed by atoms with Gasteiger partial charge in [0.05, 0.1) is 19.1 Å². The van der Waals surface area contributed by atoms with Crippen molar-refractivity contribution < 1.29 is 23.1 Å². The maximum absolute atomic E-state index is 12.4. The van der Waals surface area contributed by atoms with Crippen LogP contribution >= 0.6 is 0 Å². The van der Waals surface area contributed by atoms with Crippen LogP contribution in [0.4, 0.5) is 0 Å². The first-order chi connectivity index (χ1) is 9.30. The van der Waals surface area contributed by atoms with E-state index in [9.17, 15) is 13.2 Å². The molecular weight excluding hydrogens is 286 g/mol. The molecule has 0 spiro atoms. The molecule has 2 rings (SSSR count). The first kappa shape index (κ1) is 14.9. The Hall–Kier alpha value is -1.45. The average Bonchev–Trinajstić information content (AvgIpc) is 2.70. The quantitative estimate of drug-likeness (QED) is 0.811. The number of carbonyl (C=O) groups is 1. The van der Waals surface area contributed by atoms with Crippen molar-refractivity contribution in [3.05, 3.63) is 12.0 Å². The summed E-state index contributed by atoms with van der Waals surface area (Å²) in [5, 5.41) is 8.73. The number of aliphatic carboxylic acids is 1. The minimum absolute atomic E-state index is 0.0199. The van der Waals surface area contributed by atoms with Crippen molar-refractivity contribution in [2.45, 2.75) is 24.5 Å². The van der Waals surface area contributed by atoms with Crippen molar-refractivity contribution in [3.63, 3.8) is 0 Å². The first-order valence-corrected chi connectivity index (χ1v) is 7.58. The SMILES string of the molecule is Cc1nc(S(=O)(=O)N2CCOC(CC(=O)O)C2)cn1C. The minimum atomic E-state index is -3.70. The van der Waals surface area contributed by atoms with Crippen LogP contribution in [-0.4, -0.2) is 59.2 Å². The Kier molecular flexibility index (Phi) is 4.11. The summed E-state index contributed by atoms with van der Waals surface area (Å²) < 4.78 is 33.0. The number of carboxylic acid groups (broad SMARTS) is 1. The molecule has 1 aliphatic rings. The molecule has 0 aliphatic carbocycles. The van der Waals surface area contributed by atoms with Crippen LogP contribution in [-0.2, 0) is 26.6 Å². The molecule has 1 N–H and O–H groups in total. The molecule has 112 valence electrons. The molecule has 1 fully saturated rings. The van der Waals surface area contributed by atoms with Gasteiger partial charge in [0.1, 0.15) is 5.82 Å². The Morgan fingerprint density at radius 1 is 1.60 bits per heavy atom. The topological polar surface area (TPSA) is 102 Å². The predicted molar refractivity (Wildman–Crippen MR) is 68.7 cm³/mol. The minimum Gasteiger partial charge on any atom is -0.481 e. The summed E-state index contributed by atoms with van der Waals surface area (Å²) in [6, 6.07) is 0. The van der Waals surface area contributed by atoms with Crippen molar-refractivity contribution in [3.8, 4) is 0 Å². The molecule has 1 atom stereocenters. The Morgan fingerprint density at radius 2 is 2.30 bits per heavy atom. The molecule has 1 aliphatic heterocycles. The molecule has 9 heteroatoms. The second kappa shape index (κ2) is 5.51.